The molecule has 7 heteroatoms. The summed E-state index contributed by atoms with van der Waals surface area (Å²) in [7, 11) is -3.05. The first kappa shape index (κ1) is 16.5. The van der Waals surface area contributed by atoms with Crippen molar-refractivity contribution in [3.63, 3.8) is 0 Å². The first-order chi connectivity index (χ1) is 10.9. The summed E-state index contributed by atoms with van der Waals surface area (Å²) in [5.74, 6) is 0.0293. The molecule has 1 atom stereocenters. The van der Waals surface area contributed by atoms with Crippen molar-refractivity contribution < 1.29 is 13.2 Å². The number of carbonyl (C=O) groups excluding carboxylic acids is 1. The molecule has 1 saturated heterocycles. The Hall–Kier alpha value is -1.37. The molecule has 0 saturated carbocycles. The lowest BCUT2D eigenvalue weighted by atomic mass is 10.1. The van der Waals surface area contributed by atoms with E-state index in [-0.39, 0.29) is 23.5 Å². The number of hydrogen-bond donors (Lipinski definition) is 0. The topological polar surface area (TPSA) is 54.5 Å². The Morgan fingerprint density at radius 3 is 2.57 bits per heavy atom. The maximum absolute atomic E-state index is 12.9. The third-order valence-electron chi connectivity index (χ3n) is 3.91. The van der Waals surface area contributed by atoms with Gasteiger partial charge in [-0.25, -0.2) is 8.42 Å². The van der Waals surface area contributed by atoms with Gasteiger partial charge in [0.25, 0.3) is 5.91 Å². The molecule has 0 aliphatic carbocycles. The second-order valence-corrected chi connectivity index (χ2v) is 9.27. The van der Waals surface area contributed by atoms with Gasteiger partial charge in [0.15, 0.2) is 9.84 Å². The van der Waals surface area contributed by atoms with Gasteiger partial charge in [-0.2, -0.15) is 0 Å². The van der Waals surface area contributed by atoms with Gasteiger partial charge in [-0.1, -0.05) is 17.7 Å². The van der Waals surface area contributed by atoms with Gasteiger partial charge < -0.3 is 4.90 Å². The summed E-state index contributed by atoms with van der Waals surface area (Å²) >= 11 is 7.43. The van der Waals surface area contributed by atoms with Crippen LogP contribution in [0.4, 0.5) is 0 Å². The Morgan fingerprint density at radius 1 is 1.26 bits per heavy atom. The average Bonchev–Trinajstić information content (AvgIpc) is 3.14. The van der Waals surface area contributed by atoms with Crippen LogP contribution in [0.5, 0.6) is 0 Å². The van der Waals surface area contributed by atoms with E-state index in [1.807, 2.05) is 17.5 Å². The summed E-state index contributed by atoms with van der Waals surface area (Å²) in [6.45, 7) is 0.430. The van der Waals surface area contributed by atoms with Crippen LogP contribution in [-0.2, 0) is 16.4 Å². The molecule has 2 aromatic rings. The van der Waals surface area contributed by atoms with E-state index < -0.39 is 9.84 Å². The molecule has 1 amide bonds. The quantitative estimate of drug-likeness (QED) is 0.831. The Bertz CT molecular complexity index is 785. The van der Waals surface area contributed by atoms with Crippen molar-refractivity contribution in [3.05, 3.63) is 57.2 Å². The lowest BCUT2D eigenvalue weighted by Gasteiger charge is -2.28. The molecule has 0 bridgehead atoms. The van der Waals surface area contributed by atoms with Crippen LogP contribution in [0.3, 0.4) is 0 Å². The van der Waals surface area contributed by atoms with E-state index >= 15 is 0 Å². The molecule has 0 radical (unpaired) electrons. The number of hydrogen-bond acceptors (Lipinski definition) is 4. The van der Waals surface area contributed by atoms with Crippen LogP contribution >= 0.6 is 22.9 Å². The van der Waals surface area contributed by atoms with Gasteiger partial charge in [0.1, 0.15) is 0 Å². The zero-order valence-corrected chi connectivity index (χ0v) is 14.7. The molecule has 1 aromatic carbocycles. The number of amides is 1. The fourth-order valence-electron chi connectivity index (χ4n) is 2.72. The van der Waals surface area contributed by atoms with Crippen LogP contribution in [-0.4, -0.2) is 36.8 Å². The molecule has 0 spiro atoms. The van der Waals surface area contributed by atoms with Crippen LogP contribution in [0.15, 0.2) is 41.8 Å². The zero-order chi connectivity index (χ0) is 16.4. The largest absolute Gasteiger partial charge is 0.329 e. The van der Waals surface area contributed by atoms with Gasteiger partial charge >= 0.3 is 0 Å². The monoisotopic (exact) mass is 369 g/mol. The number of halogens is 1. The van der Waals surface area contributed by atoms with E-state index in [0.29, 0.717) is 23.6 Å². The van der Waals surface area contributed by atoms with Crippen molar-refractivity contribution in [2.24, 2.45) is 0 Å². The summed E-state index contributed by atoms with van der Waals surface area (Å²) in [5, 5.41) is 2.51. The predicted octanol–water partition coefficient (Wildman–Crippen LogP) is 3.23. The molecule has 23 heavy (non-hydrogen) atoms. The number of carbonyl (C=O) groups is 1. The van der Waals surface area contributed by atoms with E-state index in [0.717, 1.165) is 4.88 Å². The van der Waals surface area contributed by atoms with Crippen molar-refractivity contribution in [1.82, 2.24) is 4.90 Å². The molecule has 1 aliphatic rings. The lowest BCUT2D eigenvalue weighted by molar-refractivity contribution is 0.0683. The number of nitrogens with zero attached hydrogens (tertiary/aromatic N) is 1. The molecule has 122 valence electrons. The third-order valence-corrected chi connectivity index (χ3v) is 6.77. The molecule has 1 aromatic heterocycles. The van der Waals surface area contributed by atoms with E-state index in [9.17, 15) is 13.2 Å². The summed E-state index contributed by atoms with van der Waals surface area (Å²) in [4.78, 5) is 15.6. The van der Waals surface area contributed by atoms with E-state index in [1.165, 1.54) is 0 Å². The SMILES string of the molecule is O=C(c1ccc(Cl)cc1)N(Cc1cccs1)[C@@H]1CCS(=O)(=O)C1. The van der Waals surface area contributed by atoms with Gasteiger partial charge in [-0.15, -0.1) is 11.3 Å². The predicted molar refractivity (Wildman–Crippen MR) is 92.7 cm³/mol. The highest BCUT2D eigenvalue weighted by Gasteiger charge is 2.35. The fraction of sp³-hybridized carbons (Fsp3) is 0.312. The number of benzene rings is 1. The number of sulfone groups is 1. The zero-order valence-electron chi connectivity index (χ0n) is 12.3. The van der Waals surface area contributed by atoms with E-state index in [2.05, 4.69) is 0 Å². The van der Waals surface area contributed by atoms with Crippen molar-refractivity contribution in [2.75, 3.05) is 11.5 Å². The van der Waals surface area contributed by atoms with Crippen LogP contribution < -0.4 is 0 Å². The minimum atomic E-state index is -3.05. The van der Waals surface area contributed by atoms with E-state index in [1.54, 1.807) is 40.5 Å². The summed E-state index contributed by atoms with van der Waals surface area (Å²) < 4.78 is 23.6. The Balaban J connectivity index is 1.88. The standard InChI is InChI=1S/C16H16ClNO3S2/c17-13-5-3-12(4-6-13)16(19)18(10-15-2-1-8-22-15)14-7-9-23(20,21)11-14/h1-6,8,14H,7,9-11H2/t14-/m1/s1. The van der Waals surface area contributed by atoms with Crippen LogP contribution in [0.2, 0.25) is 5.02 Å². The van der Waals surface area contributed by atoms with Gasteiger partial charge in [0.2, 0.25) is 0 Å². The number of rotatable bonds is 4. The van der Waals surface area contributed by atoms with Crippen molar-refractivity contribution in [1.29, 1.82) is 0 Å². The van der Waals surface area contributed by atoms with Crippen LogP contribution in [0.25, 0.3) is 0 Å². The first-order valence-electron chi connectivity index (χ1n) is 7.24. The summed E-state index contributed by atoms with van der Waals surface area (Å²) in [6, 6.07) is 10.3. The molecule has 3 rings (SSSR count). The average molecular weight is 370 g/mol. The second kappa shape index (κ2) is 6.63. The fourth-order valence-corrected chi connectivity index (χ4v) is 5.28. The smallest absolute Gasteiger partial charge is 0.254 e. The van der Waals surface area contributed by atoms with Crippen molar-refractivity contribution >= 4 is 38.7 Å². The molecule has 4 nitrogen and oxygen atoms in total. The van der Waals surface area contributed by atoms with E-state index in [4.69, 9.17) is 11.6 Å². The summed E-state index contributed by atoms with van der Waals surface area (Å²) in [6.07, 6.45) is 0.493. The molecule has 2 heterocycles. The Labute approximate surface area is 144 Å². The maximum Gasteiger partial charge on any atom is 0.254 e. The molecular weight excluding hydrogens is 354 g/mol. The molecule has 0 unspecified atom stereocenters. The first-order valence-corrected chi connectivity index (χ1v) is 10.3. The molecule has 0 N–H and O–H groups in total. The van der Waals surface area contributed by atoms with Gasteiger partial charge in [-0.3, -0.25) is 4.79 Å². The van der Waals surface area contributed by atoms with Crippen molar-refractivity contribution in [2.45, 2.75) is 19.0 Å². The highest BCUT2D eigenvalue weighted by molar-refractivity contribution is 7.91. The third kappa shape index (κ3) is 3.94. The normalized spacial score (nSPS) is 19.6. The molecular formula is C16H16ClNO3S2. The lowest BCUT2D eigenvalue weighted by Crippen LogP contribution is -2.40. The Morgan fingerprint density at radius 2 is 2.00 bits per heavy atom. The second-order valence-electron chi connectivity index (χ2n) is 5.58. The highest BCUT2D eigenvalue weighted by Crippen LogP contribution is 2.24. The molecule has 1 fully saturated rings. The van der Waals surface area contributed by atoms with Gasteiger partial charge in [0.05, 0.1) is 18.1 Å². The van der Waals surface area contributed by atoms with Gasteiger partial charge in [-0.05, 0) is 42.1 Å². The Kier molecular flexibility index (Phi) is 4.75. The van der Waals surface area contributed by atoms with Gasteiger partial charge in [0, 0.05) is 21.5 Å². The summed E-state index contributed by atoms with van der Waals surface area (Å²) in [5.41, 5.74) is 0.523. The van der Waals surface area contributed by atoms with Crippen LogP contribution in [0.1, 0.15) is 21.7 Å². The van der Waals surface area contributed by atoms with Crippen LogP contribution in [0, 0.1) is 0 Å². The molecule has 1 aliphatic heterocycles. The van der Waals surface area contributed by atoms with Crippen molar-refractivity contribution in [3.8, 4) is 0 Å². The maximum atomic E-state index is 12.9. The highest BCUT2D eigenvalue weighted by atomic mass is 35.5. The number of thiophene rings is 1. The minimum absolute atomic E-state index is 0.0394. The minimum Gasteiger partial charge on any atom is -0.329 e.